The van der Waals surface area contributed by atoms with Crippen molar-refractivity contribution in [1.29, 1.82) is 0 Å². The second kappa shape index (κ2) is 11.5. The fourth-order valence-corrected chi connectivity index (χ4v) is 7.06. The molecule has 0 aromatic heterocycles. The molecule has 3 atom stereocenters. The first-order valence-electron chi connectivity index (χ1n) is 13.4. The first kappa shape index (κ1) is 25.5. The smallest absolute Gasteiger partial charge is 0.416 e. The molecule has 0 aliphatic heterocycles. The maximum Gasteiger partial charge on any atom is 0.416 e. The Morgan fingerprint density at radius 3 is 1.82 bits per heavy atom. The lowest BCUT2D eigenvalue weighted by atomic mass is 9.82. The molecule has 1 N–H and O–H groups in total. The van der Waals surface area contributed by atoms with E-state index in [0.29, 0.717) is 11.8 Å². The molecule has 190 valence electrons. The molecule has 0 radical (unpaired) electrons. The zero-order valence-corrected chi connectivity index (χ0v) is 20.2. The molecule has 6 heteroatoms. The van der Waals surface area contributed by atoms with Gasteiger partial charge in [0.2, 0.25) is 0 Å². The summed E-state index contributed by atoms with van der Waals surface area (Å²) in [5.74, 6) is 0.506. The normalized spacial score (nSPS) is 27.4. The van der Waals surface area contributed by atoms with Crippen molar-refractivity contribution in [2.45, 2.75) is 102 Å². The highest BCUT2D eigenvalue weighted by Gasteiger charge is 2.42. The van der Waals surface area contributed by atoms with E-state index in [9.17, 15) is 23.1 Å². The second-order valence-corrected chi connectivity index (χ2v) is 11.1. The fourth-order valence-electron chi connectivity index (χ4n) is 7.06. The van der Waals surface area contributed by atoms with Crippen LogP contribution in [0.3, 0.4) is 0 Å². The summed E-state index contributed by atoms with van der Waals surface area (Å²) < 4.78 is 39.6. The number of alkyl halides is 3. The van der Waals surface area contributed by atoms with Gasteiger partial charge in [-0.15, -0.1) is 0 Å². The molecule has 1 aromatic carbocycles. The molecule has 1 aromatic rings. The Bertz CT molecular complexity index is 762. The van der Waals surface area contributed by atoms with Crippen LogP contribution in [0.4, 0.5) is 13.2 Å². The van der Waals surface area contributed by atoms with Crippen molar-refractivity contribution >= 4 is 5.97 Å². The van der Waals surface area contributed by atoms with Crippen molar-refractivity contribution in [2.75, 3.05) is 13.1 Å². The Kier molecular flexibility index (Phi) is 8.60. The highest BCUT2D eigenvalue weighted by atomic mass is 19.4. The lowest BCUT2D eigenvalue weighted by Crippen LogP contribution is -2.44. The van der Waals surface area contributed by atoms with Gasteiger partial charge in [-0.2, -0.15) is 13.2 Å². The molecule has 3 saturated carbocycles. The van der Waals surface area contributed by atoms with Gasteiger partial charge in [-0.25, -0.2) is 0 Å². The summed E-state index contributed by atoms with van der Waals surface area (Å²) in [7, 11) is 0. The molecule has 0 spiro atoms. The van der Waals surface area contributed by atoms with Crippen LogP contribution in [0.1, 0.15) is 101 Å². The minimum atomic E-state index is -4.36. The van der Waals surface area contributed by atoms with Gasteiger partial charge >= 0.3 is 12.1 Å². The summed E-state index contributed by atoms with van der Waals surface area (Å²) in [4.78, 5) is 14.3. The van der Waals surface area contributed by atoms with Crippen molar-refractivity contribution in [3.05, 3.63) is 35.4 Å². The van der Waals surface area contributed by atoms with Gasteiger partial charge in [-0.1, -0.05) is 50.7 Å². The standard InChI is InChI=1S/C28H40F3NO2/c29-28(30,31)24-14-11-22(12-15-24)27-23(17-26(33)34)13-16-25(27)32(18-20-7-3-1-4-8-20)19-21-9-5-2-6-10-21/h11-12,14-15,20-21,23,25,27H,1-10,13,16-19H2,(H,33,34)/t23-,25-,27-/m1/s1. The molecule has 0 amide bonds. The largest absolute Gasteiger partial charge is 0.481 e. The number of carboxylic acids is 1. The SMILES string of the molecule is O=C(O)C[C@H]1CC[C@@H](N(CC2CCCCC2)CC2CCCCC2)[C@@H]1c1ccc(C(F)(F)F)cc1. The Balaban J connectivity index is 1.60. The molecule has 4 rings (SSSR count). The first-order chi connectivity index (χ1) is 16.3. The van der Waals surface area contributed by atoms with E-state index in [1.807, 2.05) is 0 Å². The van der Waals surface area contributed by atoms with Gasteiger partial charge in [0.05, 0.1) is 5.56 Å². The van der Waals surface area contributed by atoms with E-state index in [1.54, 1.807) is 12.1 Å². The Hall–Kier alpha value is -1.56. The number of benzene rings is 1. The van der Waals surface area contributed by atoms with Crippen LogP contribution < -0.4 is 0 Å². The predicted molar refractivity (Wildman–Crippen MR) is 128 cm³/mol. The number of hydrogen-bond donors (Lipinski definition) is 1. The van der Waals surface area contributed by atoms with E-state index < -0.39 is 17.7 Å². The number of halogens is 3. The number of rotatable bonds is 8. The van der Waals surface area contributed by atoms with Crippen LogP contribution in [0.2, 0.25) is 0 Å². The molecule has 0 saturated heterocycles. The summed E-state index contributed by atoms with van der Waals surface area (Å²) in [6, 6.07) is 5.79. The van der Waals surface area contributed by atoms with Crippen LogP contribution in [0.15, 0.2) is 24.3 Å². The van der Waals surface area contributed by atoms with Crippen LogP contribution in [0.5, 0.6) is 0 Å². The highest BCUT2D eigenvalue weighted by molar-refractivity contribution is 5.67. The monoisotopic (exact) mass is 479 g/mol. The van der Waals surface area contributed by atoms with Crippen molar-refractivity contribution in [1.82, 2.24) is 4.90 Å². The van der Waals surface area contributed by atoms with Gasteiger partial charge in [-0.05, 0) is 74.0 Å². The number of carbonyl (C=O) groups is 1. The fraction of sp³-hybridized carbons (Fsp3) is 0.750. The van der Waals surface area contributed by atoms with Crippen molar-refractivity contribution in [2.24, 2.45) is 17.8 Å². The third-order valence-corrected chi connectivity index (χ3v) is 8.72. The minimum absolute atomic E-state index is 0.0226. The van der Waals surface area contributed by atoms with E-state index >= 15 is 0 Å². The van der Waals surface area contributed by atoms with E-state index in [2.05, 4.69) is 4.90 Å². The molecule has 0 bridgehead atoms. The Morgan fingerprint density at radius 2 is 1.35 bits per heavy atom. The maximum atomic E-state index is 13.2. The van der Waals surface area contributed by atoms with Crippen molar-refractivity contribution < 1.29 is 23.1 Å². The number of aliphatic carboxylic acids is 1. The van der Waals surface area contributed by atoms with E-state index in [-0.39, 0.29) is 24.3 Å². The second-order valence-electron chi connectivity index (χ2n) is 11.1. The maximum absolute atomic E-state index is 13.2. The summed E-state index contributed by atoms with van der Waals surface area (Å²) in [6.07, 6.45) is 10.3. The summed E-state index contributed by atoms with van der Waals surface area (Å²) in [5.41, 5.74) is 0.237. The van der Waals surface area contributed by atoms with Gasteiger partial charge in [0.1, 0.15) is 0 Å². The molecule has 34 heavy (non-hydrogen) atoms. The van der Waals surface area contributed by atoms with Gasteiger partial charge in [0.15, 0.2) is 0 Å². The third-order valence-electron chi connectivity index (χ3n) is 8.72. The quantitative estimate of drug-likeness (QED) is 0.419. The number of nitrogens with zero attached hydrogens (tertiary/aromatic N) is 1. The summed E-state index contributed by atoms with van der Waals surface area (Å²) in [6.45, 7) is 2.11. The van der Waals surface area contributed by atoms with Gasteiger partial charge < -0.3 is 5.11 Å². The molecular weight excluding hydrogens is 439 g/mol. The molecule has 3 fully saturated rings. The van der Waals surface area contributed by atoms with Crippen LogP contribution in [0.25, 0.3) is 0 Å². The van der Waals surface area contributed by atoms with Crippen molar-refractivity contribution in [3.63, 3.8) is 0 Å². The van der Waals surface area contributed by atoms with Gasteiger partial charge in [-0.3, -0.25) is 9.69 Å². The molecule has 3 aliphatic carbocycles. The third kappa shape index (κ3) is 6.56. The van der Waals surface area contributed by atoms with Crippen LogP contribution in [-0.4, -0.2) is 35.1 Å². The first-order valence-corrected chi connectivity index (χ1v) is 13.4. The summed E-state index contributed by atoms with van der Waals surface area (Å²) >= 11 is 0. The topological polar surface area (TPSA) is 40.5 Å². The van der Waals surface area contributed by atoms with Crippen LogP contribution in [-0.2, 0) is 11.0 Å². The Labute approximate surface area is 202 Å². The lowest BCUT2D eigenvalue weighted by molar-refractivity contribution is -0.138. The number of carboxylic acid groups (broad SMARTS) is 1. The molecule has 0 heterocycles. The zero-order chi connectivity index (χ0) is 24.1. The summed E-state index contributed by atoms with van der Waals surface area (Å²) in [5, 5.41) is 9.57. The minimum Gasteiger partial charge on any atom is -0.481 e. The lowest BCUT2D eigenvalue weighted by Gasteiger charge is -2.40. The average Bonchev–Trinajstić information content (AvgIpc) is 3.22. The number of hydrogen-bond acceptors (Lipinski definition) is 2. The van der Waals surface area contributed by atoms with Gasteiger partial charge in [0.25, 0.3) is 0 Å². The zero-order valence-electron chi connectivity index (χ0n) is 20.2. The average molecular weight is 480 g/mol. The van der Waals surface area contributed by atoms with Crippen LogP contribution >= 0.6 is 0 Å². The van der Waals surface area contributed by atoms with E-state index in [1.165, 1.54) is 76.3 Å². The van der Waals surface area contributed by atoms with Gasteiger partial charge in [0, 0.05) is 31.5 Å². The Morgan fingerprint density at radius 1 is 0.824 bits per heavy atom. The molecule has 0 unspecified atom stereocenters. The van der Waals surface area contributed by atoms with Crippen molar-refractivity contribution in [3.8, 4) is 0 Å². The molecular formula is C28H40F3NO2. The van der Waals surface area contributed by atoms with E-state index in [0.717, 1.165) is 31.5 Å². The van der Waals surface area contributed by atoms with Crippen LogP contribution in [0, 0.1) is 17.8 Å². The highest BCUT2D eigenvalue weighted by Crippen LogP contribution is 2.46. The molecule has 3 nitrogen and oxygen atoms in total. The molecule has 3 aliphatic rings. The predicted octanol–water partition coefficient (Wildman–Crippen LogP) is 7.50. The van der Waals surface area contributed by atoms with E-state index in [4.69, 9.17) is 0 Å².